The van der Waals surface area contributed by atoms with E-state index in [1.54, 1.807) is 71.4 Å². The summed E-state index contributed by atoms with van der Waals surface area (Å²) in [6, 6.07) is 15.2. The maximum Gasteiger partial charge on any atom is 0.258 e. The predicted molar refractivity (Wildman–Crippen MR) is 112 cm³/mol. The molecule has 0 saturated heterocycles. The number of carbonyl (C=O) groups is 2. The zero-order chi connectivity index (χ0) is 21.3. The standard InChI is InChI=1S/C22H18ClN5O2/c1-27-20-18(26-21(29)16-7-2-3-8-17(16)23)9-10-28(19(20)13-25-27)22(30)15-6-4-5-14(11-15)12-24/h2-8,11,13,18H,9-10H2,1H3,(H,26,29). The highest BCUT2D eigenvalue weighted by Crippen LogP contribution is 2.34. The monoisotopic (exact) mass is 419 g/mol. The van der Waals surface area contributed by atoms with Crippen molar-refractivity contribution in [2.75, 3.05) is 11.4 Å². The minimum Gasteiger partial charge on any atom is -0.343 e. The van der Waals surface area contributed by atoms with Crippen molar-refractivity contribution in [3.63, 3.8) is 0 Å². The van der Waals surface area contributed by atoms with Crippen molar-refractivity contribution in [1.29, 1.82) is 5.26 Å². The molecule has 0 saturated carbocycles. The second-order valence-electron chi connectivity index (χ2n) is 6.98. The Morgan fingerprint density at radius 3 is 2.80 bits per heavy atom. The first-order valence-corrected chi connectivity index (χ1v) is 9.76. The van der Waals surface area contributed by atoms with Crippen LogP contribution in [-0.4, -0.2) is 28.1 Å². The van der Waals surface area contributed by atoms with Gasteiger partial charge in [0.2, 0.25) is 0 Å². The molecule has 8 heteroatoms. The van der Waals surface area contributed by atoms with E-state index < -0.39 is 0 Å². The number of fused-ring (bicyclic) bond motifs is 1. The Morgan fingerprint density at radius 2 is 2.03 bits per heavy atom. The molecule has 30 heavy (non-hydrogen) atoms. The van der Waals surface area contributed by atoms with Crippen LogP contribution in [0.1, 0.15) is 44.4 Å². The highest BCUT2D eigenvalue weighted by atomic mass is 35.5. The fraction of sp³-hybridized carbons (Fsp3) is 0.182. The summed E-state index contributed by atoms with van der Waals surface area (Å²) < 4.78 is 1.66. The Bertz CT molecular complexity index is 1180. The van der Waals surface area contributed by atoms with Gasteiger partial charge in [-0.1, -0.05) is 29.8 Å². The van der Waals surface area contributed by atoms with Crippen molar-refractivity contribution in [3.05, 3.63) is 82.1 Å². The Hall–Kier alpha value is -3.63. The third-order valence-corrected chi connectivity index (χ3v) is 5.46. The number of hydrogen-bond donors (Lipinski definition) is 1. The van der Waals surface area contributed by atoms with Crippen LogP contribution in [-0.2, 0) is 7.05 Å². The van der Waals surface area contributed by atoms with Crippen molar-refractivity contribution in [1.82, 2.24) is 15.1 Å². The number of aromatic nitrogens is 2. The van der Waals surface area contributed by atoms with Crippen LogP contribution in [0.15, 0.2) is 54.7 Å². The van der Waals surface area contributed by atoms with Gasteiger partial charge in [0.15, 0.2) is 0 Å². The van der Waals surface area contributed by atoms with E-state index in [-0.39, 0.29) is 17.9 Å². The second kappa shape index (κ2) is 8.01. The molecule has 1 unspecified atom stereocenters. The smallest absolute Gasteiger partial charge is 0.258 e. The zero-order valence-electron chi connectivity index (χ0n) is 16.2. The van der Waals surface area contributed by atoms with E-state index in [4.69, 9.17) is 16.9 Å². The number of amides is 2. The lowest BCUT2D eigenvalue weighted by molar-refractivity contribution is 0.0931. The molecule has 0 bridgehead atoms. The normalized spacial score (nSPS) is 15.2. The second-order valence-corrected chi connectivity index (χ2v) is 7.39. The van der Waals surface area contributed by atoms with Gasteiger partial charge in [0.05, 0.1) is 45.8 Å². The van der Waals surface area contributed by atoms with Gasteiger partial charge in [0.1, 0.15) is 0 Å². The van der Waals surface area contributed by atoms with Crippen molar-refractivity contribution < 1.29 is 9.59 Å². The number of anilines is 1. The summed E-state index contributed by atoms with van der Waals surface area (Å²) in [4.78, 5) is 27.5. The van der Waals surface area contributed by atoms with Gasteiger partial charge in [0.25, 0.3) is 11.8 Å². The van der Waals surface area contributed by atoms with Gasteiger partial charge in [-0.2, -0.15) is 10.4 Å². The molecule has 0 fully saturated rings. The van der Waals surface area contributed by atoms with Crippen LogP contribution >= 0.6 is 11.6 Å². The van der Waals surface area contributed by atoms with Crippen LogP contribution in [0.4, 0.5) is 5.69 Å². The number of halogens is 1. The molecule has 2 aromatic carbocycles. The molecule has 1 N–H and O–H groups in total. The fourth-order valence-corrected chi connectivity index (χ4v) is 3.89. The molecule has 7 nitrogen and oxygen atoms in total. The first-order chi connectivity index (χ1) is 14.5. The number of nitrogens with one attached hydrogen (secondary N) is 1. The Balaban J connectivity index is 1.62. The summed E-state index contributed by atoms with van der Waals surface area (Å²) >= 11 is 6.15. The van der Waals surface area contributed by atoms with E-state index in [2.05, 4.69) is 16.5 Å². The summed E-state index contributed by atoms with van der Waals surface area (Å²) in [5.41, 5.74) is 2.64. The molecular formula is C22H18ClN5O2. The van der Waals surface area contributed by atoms with Crippen molar-refractivity contribution in [2.24, 2.45) is 7.05 Å². The lowest BCUT2D eigenvalue weighted by Gasteiger charge is -2.32. The molecular weight excluding hydrogens is 402 g/mol. The molecule has 1 atom stereocenters. The highest BCUT2D eigenvalue weighted by molar-refractivity contribution is 6.33. The third kappa shape index (κ3) is 3.53. The van der Waals surface area contributed by atoms with Crippen LogP contribution in [0.3, 0.4) is 0 Å². The van der Waals surface area contributed by atoms with Gasteiger partial charge in [-0.15, -0.1) is 0 Å². The summed E-state index contributed by atoms with van der Waals surface area (Å²) in [5, 5.41) is 16.8. The number of carbonyl (C=O) groups excluding carboxylic acids is 2. The highest BCUT2D eigenvalue weighted by Gasteiger charge is 2.33. The Labute approximate surface area is 178 Å². The third-order valence-electron chi connectivity index (χ3n) is 5.13. The molecule has 0 spiro atoms. The molecule has 4 rings (SSSR count). The van der Waals surface area contributed by atoms with E-state index >= 15 is 0 Å². The molecule has 3 aromatic rings. The molecule has 0 aliphatic carbocycles. The topological polar surface area (TPSA) is 91.0 Å². The number of aryl methyl sites for hydroxylation is 1. The lowest BCUT2D eigenvalue weighted by atomic mass is 10.0. The van der Waals surface area contributed by atoms with Gasteiger partial charge in [-0.3, -0.25) is 14.3 Å². The van der Waals surface area contributed by atoms with Crippen molar-refractivity contribution >= 4 is 29.1 Å². The summed E-state index contributed by atoms with van der Waals surface area (Å²) in [6.45, 7) is 0.405. The van der Waals surface area contributed by atoms with Crippen LogP contribution < -0.4 is 10.2 Å². The molecule has 2 heterocycles. The summed E-state index contributed by atoms with van der Waals surface area (Å²) in [7, 11) is 1.78. The van der Waals surface area contributed by atoms with Crippen molar-refractivity contribution in [3.8, 4) is 6.07 Å². The van der Waals surface area contributed by atoms with Gasteiger partial charge in [-0.05, 0) is 36.8 Å². The Morgan fingerprint density at radius 1 is 1.23 bits per heavy atom. The van der Waals surface area contributed by atoms with E-state index in [1.165, 1.54) is 0 Å². The molecule has 2 amide bonds. The molecule has 1 aliphatic rings. The van der Waals surface area contributed by atoms with E-state index in [1.807, 2.05) is 0 Å². The van der Waals surface area contributed by atoms with Crippen molar-refractivity contribution in [2.45, 2.75) is 12.5 Å². The molecule has 1 aromatic heterocycles. The first-order valence-electron chi connectivity index (χ1n) is 9.39. The SMILES string of the molecule is Cn1ncc2c1C(NC(=O)c1ccccc1Cl)CCN2C(=O)c1cccc(C#N)c1. The van der Waals surface area contributed by atoms with Gasteiger partial charge in [0, 0.05) is 19.2 Å². The maximum absolute atomic E-state index is 13.1. The fourth-order valence-electron chi connectivity index (χ4n) is 3.67. The van der Waals surface area contributed by atoms with E-state index in [0.717, 1.165) is 5.69 Å². The van der Waals surface area contributed by atoms with E-state index in [9.17, 15) is 9.59 Å². The number of rotatable bonds is 3. The van der Waals surface area contributed by atoms with Crippen LogP contribution in [0.25, 0.3) is 0 Å². The number of nitriles is 1. The molecule has 1 aliphatic heterocycles. The minimum absolute atomic E-state index is 0.211. The average molecular weight is 420 g/mol. The molecule has 0 radical (unpaired) electrons. The zero-order valence-corrected chi connectivity index (χ0v) is 16.9. The van der Waals surface area contributed by atoms with Crippen LogP contribution in [0.2, 0.25) is 5.02 Å². The Kier molecular flexibility index (Phi) is 5.25. The van der Waals surface area contributed by atoms with Gasteiger partial charge >= 0.3 is 0 Å². The predicted octanol–water partition coefficient (Wildman–Crippen LogP) is 3.47. The molecule has 150 valence electrons. The maximum atomic E-state index is 13.1. The first kappa shape index (κ1) is 19.7. The number of hydrogen-bond acceptors (Lipinski definition) is 4. The average Bonchev–Trinajstić information content (AvgIpc) is 3.16. The number of nitrogens with zero attached hydrogens (tertiary/aromatic N) is 4. The van der Waals surface area contributed by atoms with Gasteiger partial charge in [-0.25, -0.2) is 0 Å². The quantitative estimate of drug-likeness (QED) is 0.703. The van der Waals surface area contributed by atoms with Crippen LogP contribution in [0.5, 0.6) is 0 Å². The summed E-state index contributed by atoms with van der Waals surface area (Å²) in [6.07, 6.45) is 2.14. The van der Waals surface area contributed by atoms with E-state index in [0.29, 0.717) is 40.4 Å². The lowest BCUT2D eigenvalue weighted by Crippen LogP contribution is -2.41. The summed E-state index contributed by atoms with van der Waals surface area (Å²) in [5.74, 6) is -0.489. The van der Waals surface area contributed by atoms with Gasteiger partial charge < -0.3 is 10.2 Å². The largest absolute Gasteiger partial charge is 0.343 e. The number of benzene rings is 2. The minimum atomic E-state index is -0.314. The van der Waals surface area contributed by atoms with Crippen LogP contribution in [0, 0.1) is 11.3 Å².